The number of benzene rings is 2. The summed E-state index contributed by atoms with van der Waals surface area (Å²) >= 11 is 0. The lowest BCUT2D eigenvalue weighted by molar-refractivity contribution is -0.120. The predicted molar refractivity (Wildman–Crippen MR) is 121 cm³/mol. The minimum Gasteiger partial charge on any atom is -0.483 e. The molecule has 0 radical (unpaired) electrons. The standard InChI is InChI=1S/C23H26N4O4/c1-14-10-15(2)20(16(3)11-14)31-13-18(28)26(4)19-21(24)27(23(30)25-22(19)29)12-17-8-6-5-7-9-17/h5-11H,12-13,24H2,1-4H3,(H,25,29,30). The van der Waals surface area contributed by atoms with Gasteiger partial charge in [-0.25, -0.2) is 4.79 Å². The molecular formula is C23H26N4O4. The highest BCUT2D eigenvalue weighted by molar-refractivity contribution is 5.96. The molecular weight excluding hydrogens is 396 g/mol. The topological polar surface area (TPSA) is 110 Å². The van der Waals surface area contributed by atoms with Crippen LogP contribution < -0.4 is 26.6 Å². The number of aromatic nitrogens is 2. The van der Waals surface area contributed by atoms with Gasteiger partial charge in [0.25, 0.3) is 11.5 Å². The molecule has 0 aliphatic carbocycles. The van der Waals surface area contributed by atoms with E-state index in [1.165, 1.54) is 11.6 Å². The Balaban J connectivity index is 1.86. The molecule has 0 bridgehead atoms. The molecule has 8 nitrogen and oxygen atoms in total. The Morgan fingerprint density at radius 3 is 2.32 bits per heavy atom. The molecule has 0 atom stereocenters. The molecule has 0 aliphatic heterocycles. The highest BCUT2D eigenvalue weighted by atomic mass is 16.5. The van der Waals surface area contributed by atoms with Gasteiger partial charge in [0.1, 0.15) is 11.6 Å². The quantitative estimate of drug-likeness (QED) is 0.632. The van der Waals surface area contributed by atoms with Gasteiger partial charge in [-0.1, -0.05) is 48.0 Å². The zero-order valence-corrected chi connectivity index (χ0v) is 18.1. The van der Waals surface area contributed by atoms with Crippen LogP contribution in [0.4, 0.5) is 11.5 Å². The Morgan fingerprint density at radius 2 is 1.71 bits per heavy atom. The van der Waals surface area contributed by atoms with Gasteiger partial charge in [0.15, 0.2) is 12.3 Å². The number of carbonyl (C=O) groups is 1. The molecule has 3 N–H and O–H groups in total. The van der Waals surface area contributed by atoms with Crippen molar-refractivity contribution in [3.8, 4) is 5.75 Å². The fourth-order valence-electron chi connectivity index (χ4n) is 3.57. The van der Waals surface area contributed by atoms with Gasteiger partial charge < -0.3 is 15.4 Å². The highest BCUT2D eigenvalue weighted by Crippen LogP contribution is 2.25. The van der Waals surface area contributed by atoms with Gasteiger partial charge in [-0.3, -0.25) is 19.1 Å². The van der Waals surface area contributed by atoms with Gasteiger partial charge in [0, 0.05) is 7.05 Å². The van der Waals surface area contributed by atoms with Crippen molar-refractivity contribution in [3.05, 3.63) is 85.6 Å². The van der Waals surface area contributed by atoms with Crippen molar-refractivity contribution in [2.75, 3.05) is 24.3 Å². The number of aryl methyl sites for hydroxylation is 3. The van der Waals surface area contributed by atoms with E-state index in [1.54, 1.807) is 0 Å². The maximum atomic E-state index is 12.8. The summed E-state index contributed by atoms with van der Waals surface area (Å²) in [6, 6.07) is 13.2. The summed E-state index contributed by atoms with van der Waals surface area (Å²) in [6.45, 7) is 5.69. The average Bonchev–Trinajstić information content (AvgIpc) is 2.70. The third-order valence-electron chi connectivity index (χ3n) is 5.05. The number of nitrogens with zero attached hydrogens (tertiary/aromatic N) is 2. The van der Waals surface area contributed by atoms with E-state index in [1.807, 2.05) is 63.2 Å². The summed E-state index contributed by atoms with van der Waals surface area (Å²) < 4.78 is 6.97. The first-order valence-corrected chi connectivity index (χ1v) is 9.82. The Bertz CT molecular complexity index is 1210. The van der Waals surface area contributed by atoms with Gasteiger partial charge in [-0.15, -0.1) is 0 Å². The number of rotatable bonds is 6. The van der Waals surface area contributed by atoms with Gasteiger partial charge >= 0.3 is 5.69 Å². The summed E-state index contributed by atoms with van der Waals surface area (Å²) in [7, 11) is 1.43. The van der Waals surface area contributed by atoms with Crippen molar-refractivity contribution < 1.29 is 9.53 Å². The van der Waals surface area contributed by atoms with Crippen LogP contribution in [0, 0.1) is 20.8 Å². The third kappa shape index (κ3) is 4.69. The maximum absolute atomic E-state index is 12.8. The Kier molecular flexibility index (Phi) is 6.29. The van der Waals surface area contributed by atoms with Crippen LogP contribution in [0.3, 0.4) is 0 Å². The molecule has 8 heteroatoms. The molecule has 0 aliphatic rings. The number of amides is 1. The first-order chi connectivity index (χ1) is 14.7. The molecule has 3 aromatic rings. The largest absolute Gasteiger partial charge is 0.483 e. The smallest absolute Gasteiger partial charge is 0.330 e. The van der Waals surface area contributed by atoms with Crippen LogP contribution in [0.25, 0.3) is 0 Å². The fraction of sp³-hybridized carbons (Fsp3) is 0.261. The second-order valence-corrected chi connectivity index (χ2v) is 7.53. The first-order valence-electron chi connectivity index (χ1n) is 9.82. The fourth-order valence-corrected chi connectivity index (χ4v) is 3.57. The highest BCUT2D eigenvalue weighted by Gasteiger charge is 2.22. The van der Waals surface area contributed by atoms with Gasteiger partial charge in [-0.05, 0) is 37.5 Å². The maximum Gasteiger partial charge on any atom is 0.330 e. The number of aromatic amines is 1. The van der Waals surface area contributed by atoms with E-state index in [2.05, 4.69) is 4.98 Å². The van der Waals surface area contributed by atoms with Crippen LogP contribution >= 0.6 is 0 Å². The van der Waals surface area contributed by atoms with E-state index < -0.39 is 17.2 Å². The van der Waals surface area contributed by atoms with Crippen LogP contribution in [0.15, 0.2) is 52.1 Å². The Hall–Kier alpha value is -3.81. The number of ether oxygens (including phenoxy) is 1. The molecule has 0 saturated carbocycles. The molecule has 0 fully saturated rings. The Morgan fingerprint density at radius 1 is 1.10 bits per heavy atom. The lowest BCUT2D eigenvalue weighted by atomic mass is 10.1. The molecule has 1 aromatic heterocycles. The van der Waals surface area contributed by atoms with Gasteiger partial charge in [0.05, 0.1) is 6.54 Å². The summed E-state index contributed by atoms with van der Waals surface area (Å²) in [5.41, 5.74) is 8.45. The van der Waals surface area contributed by atoms with E-state index in [0.717, 1.165) is 27.2 Å². The zero-order valence-electron chi connectivity index (χ0n) is 18.1. The molecule has 0 saturated heterocycles. The van der Waals surface area contributed by atoms with Crippen LogP contribution in [0.2, 0.25) is 0 Å². The minimum atomic E-state index is -0.731. The molecule has 162 valence electrons. The van der Waals surface area contributed by atoms with Crippen molar-refractivity contribution >= 4 is 17.4 Å². The molecule has 2 aromatic carbocycles. The summed E-state index contributed by atoms with van der Waals surface area (Å²) in [5.74, 6) is 0.0703. The first kappa shape index (κ1) is 21.9. The number of hydrogen-bond acceptors (Lipinski definition) is 5. The van der Waals surface area contributed by atoms with E-state index in [-0.39, 0.29) is 24.7 Å². The number of H-pyrrole nitrogens is 1. The lowest BCUT2D eigenvalue weighted by Crippen LogP contribution is -2.41. The second-order valence-electron chi connectivity index (χ2n) is 7.53. The van der Waals surface area contributed by atoms with Crippen molar-refractivity contribution in [2.24, 2.45) is 0 Å². The van der Waals surface area contributed by atoms with Gasteiger partial charge in [0.2, 0.25) is 0 Å². The minimum absolute atomic E-state index is 0.0869. The molecule has 31 heavy (non-hydrogen) atoms. The number of nitrogen functional groups attached to an aromatic ring is 1. The van der Waals surface area contributed by atoms with Crippen LogP contribution in [-0.4, -0.2) is 29.1 Å². The molecule has 1 amide bonds. The number of nitrogens with two attached hydrogens (primary N) is 1. The Labute approximate surface area is 179 Å². The van der Waals surface area contributed by atoms with Crippen LogP contribution in [-0.2, 0) is 11.3 Å². The summed E-state index contributed by atoms with van der Waals surface area (Å²) in [6.07, 6.45) is 0. The number of likely N-dealkylation sites (N-methyl/N-ethyl adjacent to an activating group) is 1. The number of anilines is 2. The summed E-state index contributed by atoms with van der Waals surface area (Å²) in [4.78, 5) is 40.9. The number of carbonyl (C=O) groups excluding carboxylic acids is 1. The number of nitrogens with one attached hydrogen (secondary N) is 1. The normalized spacial score (nSPS) is 10.7. The van der Waals surface area contributed by atoms with Crippen molar-refractivity contribution in [3.63, 3.8) is 0 Å². The molecule has 0 unspecified atom stereocenters. The van der Waals surface area contributed by atoms with Gasteiger partial charge in [-0.2, -0.15) is 0 Å². The van der Waals surface area contributed by atoms with E-state index in [9.17, 15) is 14.4 Å². The summed E-state index contributed by atoms with van der Waals surface area (Å²) in [5, 5.41) is 0. The lowest BCUT2D eigenvalue weighted by Gasteiger charge is -2.21. The zero-order chi connectivity index (χ0) is 22.7. The van der Waals surface area contributed by atoms with E-state index >= 15 is 0 Å². The number of hydrogen-bond donors (Lipinski definition) is 2. The molecule has 0 spiro atoms. The molecule has 3 rings (SSSR count). The second kappa shape index (κ2) is 8.91. The average molecular weight is 422 g/mol. The van der Waals surface area contributed by atoms with Crippen molar-refractivity contribution in [1.82, 2.24) is 9.55 Å². The SMILES string of the molecule is Cc1cc(C)c(OCC(=O)N(C)c2c(N)n(Cc3ccccc3)c(=O)[nH]c2=O)c(C)c1. The predicted octanol–water partition coefficient (Wildman–Crippen LogP) is 2.13. The van der Waals surface area contributed by atoms with Crippen LogP contribution in [0.5, 0.6) is 5.75 Å². The van der Waals surface area contributed by atoms with E-state index in [0.29, 0.717) is 5.75 Å². The third-order valence-corrected chi connectivity index (χ3v) is 5.05. The van der Waals surface area contributed by atoms with E-state index in [4.69, 9.17) is 10.5 Å². The molecule has 1 heterocycles. The monoisotopic (exact) mass is 422 g/mol. The van der Waals surface area contributed by atoms with Crippen molar-refractivity contribution in [1.29, 1.82) is 0 Å². The van der Waals surface area contributed by atoms with Crippen LogP contribution in [0.1, 0.15) is 22.3 Å². The van der Waals surface area contributed by atoms with Crippen molar-refractivity contribution in [2.45, 2.75) is 27.3 Å².